The Kier molecular flexibility index (Phi) is 6.48. The van der Waals surface area contributed by atoms with E-state index in [0.29, 0.717) is 0 Å². The fourth-order valence-electron chi connectivity index (χ4n) is 3.64. The molecule has 2 aromatic carbocycles. The third kappa shape index (κ3) is 4.64. The normalized spacial score (nSPS) is 11.0. The average Bonchev–Trinajstić information content (AvgIpc) is 3.31. The van der Waals surface area contributed by atoms with Gasteiger partial charge in [0.2, 0.25) is 5.91 Å². The number of benzene rings is 2. The van der Waals surface area contributed by atoms with Crippen LogP contribution in [-0.4, -0.2) is 26.4 Å². The van der Waals surface area contributed by atoms with Gasteiger partial charge >= 0.3 is 0 Å². The summed E-state index contributed by atoms with van der Waals surface area (Å²) < 4.78 is 1.97. The van der Waals surface area contributed by atoms with E-state index in [1.165, 1.54) is 38.9 Å². The van der Waals surface area contributed by atoms with Crippen LogP contribution in [0.3, 0.4) is 0 Å². The second-order valence-corrected chi connectivity index (χ2v) is 9.99. The Balaban J connectivity index is 1.51. The fraction of sp³-hybridized carbons (Fsp3) is 0.240. The Labute approximate surface area is 196 Å². The number of aryl methyl sites for hydroxylation is 4. The number of amides is 1. The van der Waals surface area contributed by atoms with Crippen LogP contribution in [0.25, 0.3) is 22.5 Å². The number of thiophene rings is 1. The van der Waals surface area contributed by atoms with E-state index in [2.05, 4.69) is 65.1 Å². The Morgan fingerprint density at radius 1 is 1.03 bits per heavy atom. The molecule has 0 aliphatic carbocycles. The predicted molar refractivity (Wildman–Crippen MR) is 134 cm³/mol. The van der Waals surface area contributed by atoms with Gasteiger partial charge in [-0.1, -0.05) is 59.3 Å². The lowest BCUT2D eigenvalue weighted by Crippen LogP contribution is -2.15. The average molecular weight is 463 g/mol. The first kappa shape index (κ1) is 22.3. The summed E-state index contributed by atoms with van der Waals surface area (Å²) in [5.74, 6) is 1.02. The molecular weight excluding hydrogens is 436 g/mol. The van der Waals surface area contributed by atoms with Crippen molar-refractivity contribution in [2.45, 2.75) is 32.9 Å². The first-order chi connectivity index (χ1) is 15.3. The summed E-state index contributed by atoms with van der Waals surface area (Å²) >= 11 is 3.10. The minimum absolute atomic E-state index is 0.0572. The maximum atomic E-state index is 12.5. The molecule has 1 N–H and O–H groups in total. The van der Waals surface area contributed by atoms with Crippen LogP contribution in [0.1, 0.15) is 21.6 Å². The molecule has 0 spiro atoms. The number of anilines is 1. The van der Waals surface area contributed by atoms with Gasteiger partial charge in [0.25, 0.3) is 0 Å². The van der Waals surface area contributed by atoms with Crippen LogP contribution in [0.2, 0.25) is 0 Å². The second kappa shape index (κ2) is 9.30. The van der Waals surface area contributed by atoms with Crippen LogP contribution >= 0.6 is 23.1 Å². The number of rotatable bonds is 6. The molecule has 7 heteroatoms. The molecule has 1 amide bonds. The van der Waals surface area contributed by atoms with Crippen molar-refractivity contribution < 1.29 is 4.79 Å². The summed E-state index contributed by atoms with van der Waals surface area (Å²) in [5, 5.41) is 14.7. The molecule has 0 atom stereocenters. The molecule has 0 unspecified atom stereocenters. The topological polar surface area (TPSA) is 59.8 Å². The van der Waals surface area contributed by atoms with Crippen LogP contribution in [-0.2, 0) is 11.8 Å². The molecule has 4 rings (SSSR count). The van der Waals surface area contributed by atoms with Crippen molar-refractivity contribution in [3.63, 3.8) is 0 Å². The maximum Gasteiger partial charge on any atom is 0.234 e. The third-order valence-corrected chi connectivity index (χ3v) is 7.31. The number of carbonyl (C=O) groups excluding carboxylic acids is 1. The smallest absolute Gasteiger partial charge is 0.234 e. The zero-order chi connectivity index (χ0) is 22.8. The van der Waals surface area contributed by atoms with Gasteiger partial charge in [-0.25, -0.2) is 0 Å². The zero-order valence-electron chi connectivity index (χ0n) is 18.9. The molecule has 0 saturated carbocycles. The van der Waals surface area contributed by atoms with Crippen molar-refractivity contribution in [1.82, 2.24) is 14.8 Å². The zero-order valence-corrected chi connectivity index (χ0v) is 20.5. The van der Waals surface area contributed by atoms with E-state index in [1.807, 2.05) is 37.6 Å². The van der Waals surface area contributed by atoms with Crippen LogP contribution in [0.4, 0.5) is 5.69 Å². The highest BCUT2D eigenvalue weighted by Crippen LogP contribution is 2.39. The SMILES string of the molecule is Cc1ccc(-c2c(-c3nnc(SCC(=O)Nc4ccc(C)cc4C)n3C)csc2C)cc1. The van der Waals surface area contributed by atoms with Gasteiger partial charge < -0.3 is 9.88 Å². The van der Waals surface area contributed by atoms with E-state index < -0.39 is 0 Å². The Bertz CT molecular complexity index is 1270. The molecule has 32 heavy (non-hydrogen) atoms. The predicted octanol–water partition coefficient (Wildman–Crippen LogP) is 6.18. The lowest BCUT2D eigenvalue weighted by atomic mass is 10.0. The van der Waals surface area contributed by atoms with E-state index in [4.69, 9.17) is 0 Å². The van der Waals surface area contributed by atoms with E-state index in [0.717, 1.165) is 27.8 Å². The molecule has 2 aromatic heterocycles. The Morgan fingerprint density at radius 3 is 2.47 bits per heavy atom. The number of carbonyl (C=O) groups is 1. The van der Waals surface area contributed by atoms with Gasteiger partial charge in [-0.05, 0) is 44.9 Å². The molecule has 5 nitrogen and oxygen atoms in total. The largest absolute Gasteiger partial charge is 0.325 e. The van der Waals surface area contributed by atoms with Crippen molar-refractivity contribution in [2.24, 2.45) is 7.05 Å². The lowest BCUT2D eigenvalue weighted by Gasteiger charge is -2.09. The molecule has 4 aromatic rings. The van der Waals surface area contributed by atoms with E-state index in [1.54, 1.807) is 11.3 Å². The second-order valence-electron chi connectivity index (χ2n) is 7.97. The van der Waals surface area contributed by atoms with Crippen molar-refractivity contribution in [3.05, 3.63) is 69.4 Å². The summed E-state index contributed by atoms with van der Waals surface area (Å²) in [6.45, 7) is 8.26. The lowest BCUT2D eigenvalue weighted by molar-refractivity contribution is -0.113. The highest BCUT2D eigenvalue weighted by Gasteiger charge is 2.19. The highest BCUT2D eigenvalue weighted by atomic mass is 32.2. The van der Waals surface area contributed by atoms with Gasteiger partial charge in [0.05, 0.1) is 5.75 Å². The van der Waals surface area contributed by atoms with Crippen LogP contribution < -0.4 is 5.32 Å². The first-order valence-corrected chi connectivity index (χ1v) is 12.2. The van der Waals surface area contributed by atoms with Crippen LogP contribution in [0.5, 0.6) is 0 Å². The molecule has 0 fully saturated rings. The molecule has 0 aliphatic heterocycles. The molecular formula is C25H26N4OS2. The fourth-order valence-corrected chi connectivity index (χ4v) is 5.22. The maximum absolute atomic E-state index is 12.5. The monoisotopic (exact) mass is 462 g/mol. The third-order valence-electron chi connectivity index (χ3n) is 5.38. The Hall–Kier alpha value is -2.90. The molecule has 0 radical (unpaired) electrons. The van der Waals surface area contributed by atoms with Crippen LogP contribution in [0, 0.1) is 27.7 Å². The molecule has 164 valence electrons. The van der Waals surface area contributed by atoms with Crippen molar-refractivity contribution in [3.8, 4) is 22.5 Å². The van der Waals surface area contributed by atoms with Gasteiger partial charge in [0.1, 0.15) is 0 Å². The van der Waals surface area contributed by atoms with Gasteiger partial charge in [-0.15, -0.1) is 21.5 Å². The van der Waals surface area contributed by atoms with E-state index in [9.17, 15) is 4.79 Å². The molecule has 0 saturated heterocycles. The number of thioether (sulfide) groups is 1. The summed E-state index contributed by atoms with van der Waals surface area (Å²) in [5.41, 5.74) is 7.74. The molecule has 2 heterocycles. The number of nitrogens with one attached hydrogen (secondary N) is 1. The van der Waals surface area contributed by atoms with Gasteiger partial charge in [-0.3, -0.25) is 4.79 Å². The quantitative estimate of drug-likeness (QED) is 0.348. The number of hydrogen-bond donors (Lipinski definition) is 1. The summed E-state index contributed by atoms with van der Waals surface area (Å²) in [6.07, 6.45) is 0. The summed E-state index contributed by atoms with van der Waals surface area (Å²) in [7, 11) is 1.95. The van der Waals surface area contributed by atoms with Crippen molar-refractivity contribution >= 4 is 34.7 Å². The molecule has 0 aliphatic rings. The molecule has 0 bridgehead atoms. The highest BCUT2D eigenvalue weighted by molar-refractivity contribution is 7.99. The van der Waals surface area contributed by atoms with Crippen molar-refractivity contribution in [2.75, 3.05) is 11.1 Å². The Morgan fingerprint density at radius 2 is 1.75 bits per heavy atom. The summed E-state index contributed by atoms with van der Waals surface area (Å²) in [6, 6.07) is 14.6. The van der Waals surface area contributed by atoms with Gasteiger partial charge in [-0.2, -0.15) is 0 Å². The van der Waals surface area contributed by atoms with Crippen molar-refractivity contribution in [1.29, 1.82) is 0 Å². The standard InChI is InChI=1S/C25H26N4OS2/c1-15-6-9-19(10-7-15)23-18(4)31-13-20(23)24-27-28-25(29(24)5)32-14-22(30)26-21-11-8-16(2)12-17(21)3/h6-13H,14H2,1-5H3,(H,26,30). The van der Waals surface area contributed by atoms with Gasteiger partial charge in [0, 0.05) is 34.1 Å². The minimum atomic E-state index is -0.0572. The number of aromatic nitrogens is 3. The van der Waals surface area contributed by atoms with E-state index in [-0.39, 0.29) is 11.7 Å². The first-order valence-electron chi connectivity index (χ1n) is 10.4. The van der Waals surface area contributed by atoms with Gasteiger partial charge in [0.15, 0.2) is 11.0 Å². The summed E-state index contributed by atoms with van der Waals surface area (Å²) in [4.78, 5) is 13.7. The minimum Gasteiger partial charge on any atom is -0.325 e. The number of hydrogen-bond acceptors (Lipinski definition) is 5. The number of nitrogens with zero attached hydrogens (tertiary/aromatic N) is 3. The van der Waals surface area contributed by atoms with Crippen LogP contribution in [0.15, 0.2) is 53.0 Å². The van der Waals surface area contributed by atoms with E-state index >= 15 is 0 Å².